The van der Waals surface area contributed by atoms with Gasteiger partial charge in [-0.3, -0.25) is 4.79 Å². The fraction of sp³-hybridized carbons (Fsp3) is 0.320. The van der Waals surface area contributed by atoms with Crippen molar-refractivity contribution in [2.24, 2.45) is 11.7 Å². The first kappa shape index (κ1) is 26.9. The van der Waals surface area contributed by atoms with Crippen molar-refractivity contribution in [3.8, 4) is 23.0 Å². The first-order valence-corrected chi connectivity index (χ1v) is 11.5. The summed E-state index contributed by atoms with van der Waals surface area (Å²) in [5.74, 6) is -3.93. The molecule has 1 aliphatic carbocycles. The van der Waals surface area contributed by atoms with Gasteiger partial charge in [0.1, 0.15) is 11.6 Å². The van der Waals surface area contributed by atoms with E-state index in [1.807, 2.05) is 0 Å². The Labute approximate surface area is 213 Å². The van der Waals surface area contributed by atoms with Crippen molar-refractivity contribution >= 4 is 11.9 Å². The summed E-state index contributed by atoms with van der Waals surface area (Å²) in [6.45, 7) is -3.04. The average Bonchev–Trinajstić information content (AvgIpc) is 3.62. The van der Waals surface area contributed by atoms with E-state index in [-0.39, 0.29) is 46.5 Å². The zero-order valence-electron chi connectivity index (χ0n) is 20.0. The van der Waals surface area contributed by atoms with Crippen molar-refractivity contribution in [3.05, 3.63) is 65.1 Å². The van der Waals surface area contributed by atoms with E-state index in [0.29, 0.717) is 18.6 Å². The van der Waals surface area contributed by atoms with Crippen molar-refractivity contribution in [2.75, 3.05) is 13.7 Å². The third-order valence-corrected chi connectivity index (χ3v) is 5.66. The molecular weight excluding hydrogens is 514 g/mol. The molecule has 2 aromatic carbocycles. The molecule has 38 heavy (non-hydrogen) atoms. The van der Waals surface area contributed by atoms with Gasteiger partial charge in [0, 0.05) is 17.2 Å². The third kappa shape index (κ3) is 6.22. The number of nitrogens with one attached hydrogen (secondary N) is 1. The molecule has 1 amide bonds. The lowest BCUT2D eigenvalue weighted by Gasteiger charge is -2.17. The molecule has 0 radical (unpaired) electrons. The molecule has 1 saturated carbocycles. The highest BCUT2D eigenvalue weighted by Crippen LogP contribution is 2.36. The molecule has 0 bridgehead atoms. The Kier molecular flexibility index (Phi) is 8.15. The Morgan fingerprint density at radius 1 is 1.16 bits per heavy atom. The lowest BCUT2D eigenvalue weighted by atomic mass is 10.1. The molecule has 4 rings (SSSR count). The highest BCUT2D eigenvalue weighted by atomic mass is 19.3. The maximum Gasteiger partial charge on any atom is 0.387 e. The Hall–Kier alpha value is -4.13. The van der Waals surface area contributed by atoms with Gasteiger partial charge in [-0.05, 0) is 43.0 Å². The number of nitrogens with zero attached hydrogens (tertiary/aromatic N) is 1. The quantitative estimate of drug-likeness (QED) is 0.277. The van der Waals surface area contributed by atoms with Gasteiger partial charge in [0.2, 0.25) is 5.89 Å². The normalized spacial score (nSPS) is 13.8. The second-order valence-corrected chi connectivity index (χ2v) is 8.38. The van der Waals surface area contributed by atoms with E-state index < -0.39 is 36.2 Å². The minimum atomic E-state index is -3.07. The van der Waals surface area contributed by atoms with Crippen LogP contribution >= 0.6 is 0 Å². The van der Waals surface area contributed by atoms with Gasteiger partial charge in [-0.25, -0.2) is 18.6 Å². The van der Waals surface area contributed by atoms with E-state index in [4.69, 9.17) is 14.9 Å². The number of alkyl halides is 2. The molecular formula is C25H23F4N3O6. The lowest BCUT2D eigenvalue weighted by Crippen LogP contribution is -2.35. The van der Waals surface area contributed by atoms with Crippen LogP contribution in [0.1, 0.15) is 40.7 Å². The van der Waals surface area contributed by atoms with E-state index in [1.54, 1.807) is 0 Å². The van der Waals surface area contributed by atoms with Crippen molar-refractivity contribution in [1.29, 1.82) is 0 Å². The molecule has 202 valence electrons. The molecule has 1 atom stereocenters. The SMILES string of the molecule is COC(=O)C(NC(=O)c1nc(-c2ccc(OC(F)F)c(OCC3CC3)c2)oc1CN)c1ccc(F)cc1F. The Morgan fingerprint density at radius 2 is 1.92 bits per heavy atom. The molecule has 13 heteroatoms. The fourth-order valence-electron chi connectivity index (χ4n) is 3.55. The van der Waals surface area contributed by atoms with Gasteiger partial charge in [0.15, 0.2) is 29.0 Å². The average molecular weight is 537 g/mol. The topological polar surface area (TPSA) is 126 Å². The van der Waals surface area contributed by atoms with Crippen LogP contribution in [0.3, 0.4) is 0 Å². The third-order valence-electron chi connectivity index (χ3n) is 5.66. The van der Waals surface area contributed by atoms with Crippen LogP contribution in [0.4, 0.5) is 17.6 Å². The summed E-state index contributed by atoms with van der Waals surface area (Å²) in [6, 6.07) is 4.84. The fourth-order valence-corrected chi connectivity index (χ4v) is 3.55. The van der Waals surface area contributed by atoms with Gasteiger partial charge >= 0.3 is 12.6 Å². The van der Waals surface area contributed by atoms with Crippen molar-refractivity contribution in [1.82, 2.24) is 10.3 Å². The lowest BCUT2D eigenvalue weighted by molar-refractivity contribution is -0.143. The van der Waals surface area contributed by atoms with Gasteiger partial charge < -0.3 is 29.7 Å². The maximum absolute atomic E-state index is 14.4. The summed E-state index contributed by atoms with van der Waals surface area (Å²) < 4.78 is 73.8. The molecule has 1 heterocycles. The molecule has 1 aliphatic rings. The number of benzene rings is 2. The first-order chi connectivity index (χ1) is 18.2. The van der Waals surface area contributed by atoms with Gasteiger partial charge in [0.05, 0.1) is 20.3 Å². The Morgan fingerprint density at radius 3 is 2.55 bits per heavy atom. The number of oxazole rings is 1. The molecule has 1 fully saturated rings. The Balaban J connectivity index is 1.63. The molecule has 0 aliphatic heterocycles. The predicted octanol–water partition coefficient (Wildman–Crippen LogP) is 4.11. The largest absolute Gasteiger partial charge is 0.489 e. The van der Waals surface area contributed by atoms with E-state index in [2.05, 4.69) is 19.8 Å². The second-order valence-electron chi connectivity index (χ2n) is 8.38. The van der Waals surface area contributed by atoms with Crippen LogP contribution in [-0.2, 0) is 16.1 Å². The smallest absolute Gasteiger partial charge is 0.387 e. The van der Waals surface area contributed by atoms with Crippen molar-refractivity contribution in [3.63, 3.8) is 0 Å². The first-order valence-electron chi connectivity index (χ1n) is 11.5. The Bertz CT molecular complexity index is 1330. The summed E-state index contributed by atoms with van der Waals surface area (Å²) in [5, 5.41) is 2.30. The van der Waals surface area contributed by atoms with E-state index in [9.17, 15) is 27.2 Å². The summed E-state index contributed by atoms with van der Waals surface area (Å²) in [5.41, 5.74) is 5.33. The van der Waals surface area contributed by atoms with Gasteiger partial charge in [-0.2, -0.15) is 8.78 Å². The number of carbonyl (C=O) groups excluding carboxylic acids is 2. The zero-order valence-corrected chi connectivity index (χ0v) is 20.0. The summed E-state index contributed by atoms with van der Waals surface area (Å²) in [7, 11) is 1.03. The number of amides is 1. The number of nitrogens with two attached hydrogens (primary N) is 1. The van der Waals surface area contributed by atoms with Crippen LogP contribution < -0.4 is 20.5 Å². The summed E-state index contributed by atoms with van der Waals surface area (Å²) in [4.78, 5) is 29.5. The predicted molar refractivity (Wildman–Crippen MR) is 123 cm³/mol. The maximum atomic E-state index is 14.4. The monoisotopic (exact) mass is 537 g/mol. The van der Waals surface area contributed by atoms with Crippen LogP contribution in [0.15, 0.2) is 40.8 Å². The molecule has 3 N–H and O–H groups in total. The minimum Gasteiger partial charge on any atom is -0.489 e. The number of halogens is 4. The van der Waals surface area contributed by atoms with Crippen LogP contribution in [-0.4, -0.2) is 37.2 Å². The number of aromatic nitrogens is 1. The molecule has 9 nitrogen and oxygen atoms in total. The van der Waals surface area contributed by atoms with E-state index >= 15 is 0 Å². The molecule has 0 spiro atoms. The zero-order chi connectivity index (χ0) is 27.4. The minimum absolute atomic E-state index is 0.0331. The second kappa shape index (κ2) is 11.5. The highest BCUT2D eigenvalue weighted by molar-refractivity contribution is 5.96. The number of hydrogen-bond donors (Lipinski definition) is 2. The van der Waals surface area contributed by atoms with Crippen LogP contribution in [0.5, 0.6) is 11.5 Å². The number of methoxy groups -OCH3 is 1. The molecule has 0 saturated heterocycles. The summed E-state index contributed by atoms with van der Waals surface area (Å²) in [6.07, 6.45) is 1.94. The number of rotatable bonds is 11. The van der Waals surface area contributed by atoms with Gasteiger partial charge in [0.25, 0.3) is 5.91 Å². The van der Waals surface area contributed by atoms with Crippen LogP contribution in [0.25, 0.3) is 11.5 Å². The molecule has 1 unspecified atom stereocenters. The molecule has 3 aromatic rings. The number of ether oxygens (including phenoxy) is 3. The van der Waals surface area contributed by atoms with Crippen LogP contribution in [0, 0.1) is 17.6 Å². The number of esters is 1. The van der Waals surface area contributed by atoms with Gasteiger partial charge in [-0.15, -0.1) is 0 Å². The standard InChI is InChI=1S/C25H23F4N3O6/c1-35-24(34)20(15-6-5-14(26)9-16(15)27)31-22(33)21-19(10-30)37-23(32-21)13-4-7-17(38-25(28)29)18(8-13)36-11-12-2-3-12/h4-9,12,20,25H,2-3,10-11,30H2,1H3,(H,31,33). The van der Waals surface area contributed by atoms with E-state index in [0.717, 1.165) is 32.1 Å². The van der Waals surface area contributed by atoms with Crippen molar-refractivity contribution < 1.29 is 45.8 Å². The van der Waals surface area contributed by atoms with E-state index in [1.165, 1.54) is 18.2 Å². The highest BCUT2D eigenvalue weighted by Gasteiger charge is 2.30. The van der Waals surface area contributed by atoms with Gasteiger partial charge in [-0.1, -0.05) is 6.07 Å². The summed E-state index contributed by atoms with van der Waals surface area (Å²) >= 11 is 0. The van der Waals surface area contributed by atoms with Crippen molar-refractivity contribution in [2.45, 2.75) is 32.0 Å². The van der Waals surface area contributed by atoms with Crippen LogP contribution in [0.2, 0.25) is 0 Å². The number of carbonyl (C=O) groups is 2. The molecule has 1 aromatic heterocycles. The number of hydrogen-bond acceptors (Lipinski definition) is 8.